The summed E-state index contributed by atoms with van der Waals surface area (Å²) < 4.78 is 18.7. The molecule has 3 rings (SSSR count). The Balaban J connectivity index is 1.41. The van der Waals surface area contributed by atoms with Gasteiger partial charge in [0.25, 0.3) is 0 Å². The molecule has 0 saturated carbocycles. The van der Waals surface area contributed by atoms with Crippen LogP contribution >= 0.6 is 0 Å². The number of hydrogen-bond acceptors (Lipinski definition) is 5. The van der Waals surface area contributed by atoms with E-state index in [9.17, 15) is 9.50 Å². The molecule has 6 heteroatoms. The molecule has 5 nitrogen and oxygen atoms in total. The molecular formula is C21H25FN2O3. The van der Waals surface area contributed by atoms with E-state index in [0.717, 1.165) is 22.6 Å². The van der Waals surface area contributed by atoms with Crippen LogP contribution in [-0.2, 0) is 4.84 Å². The van der Waals surface area contributed by atoms with Gasteiger partial charge in [-0.15, -0.1) is 0 Å². The average molecular weight is 372 g/mol. The predicted molar refractivity (Wildman–Crippen MR) is 103 cm³/mol. The van der Waals surface area contributed by atoms with Crippen molar-refractivity contribution in [1.82, 2.24) is 4.90 Å². The summed E-state index contributed by atoms with van der Waals surface area (Å²) in [6.07, 6.45) is -0.0285. The summed E-state index contributed by atoms with van der Waals surface area (Å²) in [5, 5.41) is 14.3. The second kappa shape index (κ2) is 8.97. The standard InChI is InChI=1S/C21H25FN2O3/c1-15-5-3-4-6-21(15)26-14-18(25)12-24(2)13-19-11-20(23-27-19)16-7-9-17(22)10-8-16/h3-10,18-19,25H,11-14H2,1-2H3. The molecule has 2 unspecified atom stereocenters. The van der Waals surface area contributed by atoms with Crippen molar-refractivity contribution in [2.45, 2.75) is 25.6 Å². The summed E-state index contributed by atoms with van der Waals surface area (Å²) in [6.45, 7) is 3.31. The van der Waals surface area contributed by atoms with Gasteiger partial charge in [-0.2, -0.15) is 0 Å². The van der Waals surface area contributed by atoms with E-state index in [2.05, 4.69) is 5.16 Å². The number of hydrogen-bond donors (Lipinski definition) is 1. The first kappa shape index (κ1) is 19.3. The summed E-state index contributed by atoms with van der Waals surface area (Å²) >= 11 is 0. The number of rotatable bonds is 8. The zero-order chi connectivity index (χ0) is 19.2. The van der Waals surface area contributed by atoms with Crippen LogP contribution in [0.4, 0.5) is 4.39 Å². The van der Waals surface area contributed by atoms with E-state index in [1.54, 1.807) is 12.1 Å². The minimum atomic E-state index is -0.603. The molecule has 1 aliphatic heterocycles. The molecule has 0 fully saturated rings. The first-order chi connectivity index (χ1) is 13.0. The molecule has 2 atom stereocenters. The van der Waals surface area contributed by atoms with Gasteiger partial charge >= 0.3 is 0 Å². The minimum absolute atomic E-state index is 0.0838. The number of likely N-dealkylation sites (N-methyl/N-ethyl adjacent to an activating group) is 1. The van der Waals surface area contributed by atoms with Crippen molar-refractivity contribution in [1.29, 1.82) is 0 Å². The number of aryl methyl sites for hydroxylation is 1. The molecule has 2 aromatic carbocycles. The molecule has 1 N–H and O–H groups in total. The predicted octanol–water partition coefficient (Wildman–Crippen LogP) is 3.00. The molecule has 27 heavy (non-hydrogen) atoms. The SMILES string of the molecule is Cc1ccccc1OCC(O)CN(C)CC1CC(c2ccc(F)cc2)=NO1. The third-order valence-electron chi connectivity index (χ3n) is 4.47. The zero-order valence-electron chi connectivity index (χ0n) is 15.6. The van der Waals surface area contributed by atoms with Crippen molar-refractivity contribution in [2.24, 2.45) is 5.16 Å². The smallest absolute Gasteiger partial charge is 0.145 e. The van der Waals surface area contributed by atoms with E-state index < -0.39 is 6.10 Å². The average Bonchev–Trinajstić information content (AvgIpc) is 3.10. The van der Waals surface area contributed by atoms with E-state index in [4.69, 9.17) is 9.57 Å². The fraction of sp³-hybridized carbons (Fsp3) is 0.381. The first-order valence-corrected chi connectivity index (χ1v) is 9.05. The van der Waals surface area contributed by atoms with Gasteiger partial charge in [0, 0.05) is 19.5 Å². The van der Waals surface area contributed by atoms with Crippen LogP contribution in [0.25, 0.3) is 0 Å². The van der Waals surface area contributed by atoms with Crippen molar-refractivity contribution in [3.05, 3.63) is 65.5 Å². The molecule has 1 heterocycles. The van der Waals surface area contributed by atoms with Crippen LogP contribution in [0.3, 0.4) is 0 Å². The number of ether oxygens (including phenoxy) is 1. The lowest BCUT2D eigenvalue weighted by Gasteiger charge is -2.23. The monoisotopic (exact) mass is 372 g/mol. The van der Waals surface area contributed by atoms with Crippen LogP contribution in [0.5, 0.6) is 5.75 Å². The lowest BCUT2D eigenvalue weighted by molar-refractivity contribution is 0.0332. The molecule has 0 radical (unpaired) electrons. The zero-order valence-corrected chi connectivity index (χ0v) is 15.6. The highest BCUT2D eigenvalue weighted by Gasteiger charge is 2.24. The number of para-hydroxylation sites is 1. The highest BCUT2D eigenvalue weighted by Crippen LogP contribution is 2.18. The fourth-order valence-electron chi connectivity index (χ4n) is 3.08. The van der Waals surface area contributed by atoms with Crippen molar-refractivity contribution < 1.29 is 19.1 Å². The Hall–Kier alpha value is -2.44. The van der Waals surface area contributed by atoms with Gasteiger partial charge in [0.05, 0.1) is 5.71 Å². The van der Waals surface area contributed by atoms with Crippen LogP contribution < -0.4 is 4.74 Å². The maximum atomic E-state index is 13.0. The molecule has 0 spiro atoms. The quantitative estimate of drug-likeness (QED) is 0.774. The van der Waals surface area contributed by atoms with Gasteiger partial charge in [0.2, 0.25) is 0 Å². The lowest BCUT2D eigenvalue weighted by atomic mass is 10.0. The highest BCUT2D eigenvalue weighted by atomic mass is 19.1. The summed E-state index contributed by atoms with van der Waals surface area (Å²) in [4.78, 5) is 7.49. The van der Waals surface area contributed by atoms with Crippen LogP contribution in [0.15, 0.2) is 53.7 Å². The molecule has 0 aliphatic carbocycles. The molecule has 1 aliphatic rings. The highest BCUT2D eigenvalue weighted by molar-refractivity contribution is 6.01. The van der Waals surface area contributed by atoms with Gasteiger partial charge in [-0.25, -0.2) is 4.39 Å². The summed E-state index contributed by atoms with van der Waals surface area (Å²) in [7, 11) is 1.93. The lowest BCUT2D eigenvalue weighted by Crippen LogP contribution is -2.37. The molecule has 0 aromatic heterocycles. The van der Waals surface area contributed by atoms with Crippen molar-refractivity contribution in [3.8, 4) is 5.75 Å². The Morgan fingerprint density at radius 3 is 2.74 bits per heavy atom. The second-order valence-corrected chi connectivity index (χ2v) is 6.93. The molecule has 144 valence electrons. The summed E-state index contributed by atoms with van der Waals surface area (Å²) in [5.74, 6) is 0.520. The van der Waals surface area contributed by atoms with Crippen molar-refractivity contribution in [2.75, 3.05) is 26.7 Å². The number of halogens is 1. The number of aliphatic hydroxyl groups excluding tert-OH is 1. The first-order valence-electron chi connectivity index (χ1n) is 9.05. The van der Waals surface area contributed by atoms with Gasteiger partial charge in [0.15, 0.2) is 0 Å². The van der Waals surface area contributed by atoms with Crippen LogP contribution in [-0.4, -0.2) is 54.7 Å². The van der Waals surface area contributed by atoms with Gasteiger partial charge < -0.3 is 14.7 Å². The fourth-order valence-corrected chi connectivity index (χ4v) is 3.08. The third-order valence-corrected chi connectivity index (χ3v) is 4.47. The Labute approximate surface area is 159 Å². The molecule has 0 bridgehead atoms. The maximum Gasteiger partial charge on any atom is 0.145 e. The van der Waals surface area contributed by atoms with E-state index >= 15 is 0 Å². The van der Waals surface area contributed by atoms with E-state index in [1.807, 2.05) is 43.1 Å². The van der Waals surface area contributed by atoms with E-state index in [-0.39, 0.29) is 18.5 Å². The minimum Gasteiger partial charge on any atom is -0.491 e. The molecular weight excluding hydrogens is 347 g/mol. The van der Waals surface area contributed by atoms with Gasteiger partial charge in [-0.05, 0) is 43.3 Å². The number of oxime groups is 1. The number of aliphatic hydroxyl groups is 1. The Morgan fingerprint density at radius 1 is 1.26 bits per heavy atom. The molecule has 2 aromatic rings. The van der Waals surface area contributed by atoms with E-state index in [1.165, 1.54) is 12.1 Å². The summed E-state index contributed by atoms with van der Waals surface area (Å²) in [6, 6.07) is 14.0. The number of nitrogens with zero attached hydrogens (tertiary/aromatic N) is 2. The van der Waals surface area contributed by atoms with Gasteiger partial charge in [-0.1, -0.05) is 35.5 Å². The normalized spacial score (nSPS) is 17.5. The summed E-state index contributed by atoms with van der Waals surface area (Å²) in [5.41, 5.74) is 2.73. The Morgan fingerprint density at radius 2 is 2.00 bits per heavy atom. The molecule has 0 saturated heterocycles. The largest absolute Gasteiger partial charge is 0.491 e. The van der Waals surface area contributed by atoms with E-state index in [0.29, 0.717) is 19.5 Å². The van der Waals surface area contributed by atoms with Crippen LogP contribution in [0, 0.1) is 12.7 Å². The maximum absolute atomic E-state index is 13.0. The second-order valence-electron chi connectivity index (χ2n) is 6.93. The Bertz CT molecular complexity index is 779. The van der Waals surface area contributed by atoms with Crippen LogP contribution in [0.2, 0.25) is 0 Å². The third kappa shape index (κ3) is 5.52. The van der Waals surface area contributed by atoms with Crippen LogP contribution in [0.1, 0.15) is 17.5 Å². The Kier molecular flexibility index (Phi) is 6.42. The molecule has 0 amide bonds. The van der Waals surface area contributed by atoms with Crippen molar-refractivity contribution in [3.63, 3.8) is 0 Å². The van der Waals surface area contributed by atoms with Gasteiger partial charge in [-0.3, -0.25) is 4.90 Å². The topological polar surface area (TPSA) is 54.3 Å². The van der Waals surface area contributed by atoms with Crippen molar-refractivity contribution >= 4 is 5.71 Å². The van der Waals surface area contributed by atoms with Gasteiger partial charge in [0.1, 0.15) is 30.4 Å². The number of benzene rings is 2.